The Bertz CT molecular complexity index is 1720. The molecule has 2 unspecified atom stereocenters. The zero-order chi connectivity index (χ0) is 32.6. The van der Waals surface area contributed by atoms with E-state index in [0.717, 1.165) is 9.87 Å². The number of rotatable bonds is 13. The van der Waals surface area contributed by atoms with E-state index in [2.05, 4.69) is 5.32 Å². The molecule has 4 aromatic carbocycles. The van der Waals surface area contributed by atoms with Crippen LogP contribution in [0, 0.1) is 0 Å². The highest BCUT2D eigenvalue weighted by Gasteiger charge is 2.35. The number of nitrogens with zero attached hydrogens (tertiary/aromatic N) is 2. The van der Waals surface area contributed by atoms with E-state index in [9.17, 15) is 18.0 Å². The van der Waals surface area contributed by atoms with E-state index in [1.54, 1.807) is 42.5 Å². The van der Waals surface area contributed by atoms with Crippen molar-refractivity contribution in [2.45, 2.75) is 50.2 Å². The first-order valence-electron chi connectivity index (χ1n) is 14.4. The monoisotopic (exact) mass is 685 g/mol. The van der Waals surface area contributed by atoms with Gasteiger partial charge >= 0.3 is 0 Å². The van der Waals surface area contributed by atoms with Crippen LogP contribution in [0.2, 0.25) is 15.1 Å². The Kier molecular flexibility index (Phi) is 11.9. The lowest BCUT2D eigenvalue weighted by Crippen LogP contribution is -2.54. The predicted molar refractivity (Wildman–Crippen MR) is 181 cm³/mol. The minimum absolute atomic E-state index is 0.00662. The van der Waals surface area contributed by atoms with Gasteiger partial charge in [0.2, 0.25) is 11.8 Å². The van der Waals surface area contributed by atoms with Gasteiger partial charge in [-0.2, -0.15) is 0 Å². The maximum atomic E-state index is 14.5. The van der Waals surface area contributed by atoms with Crippen LogP contribution in [-0.2, 0) is 32.6 Å². The summed E-state index contributed by atoms with van der Waals surface area (Å²) in [5.41, 5.74) is 1.54. The number of anilines is 1. The van der Waals surface area contributed by atoms with E-state index in [-0.39, 0.29) is 45.5 Å². The van der Waals surface area contributed by atoms with Crippen LogP contribution < -0.4 is 9.62 Å². The lowest BCUT2D eigenvalue weighted by atomic mass is 10.0. The largest absolute Gasteiger partial charge is 0.352 e. The van der Waals surface area contributed by atoms with Crippen molar-refractivity contribution >= 4 is 62.3 Å². The van der Waals surface area contributed by atoms with Crippen LogP contribution >= 0.6 is 34.8 Å². The lowest BCUT2D eigenvalue weighted by molar-refractivity contribution is -0.140. The Labute approximate surface area is 279 Å². The fourth-order valence-corrected chi connectivity index (χ4v) is 6.83. The Balaban J connectivity index is 1.83. The summed E-state index contributed by atoms with van der Waals surface area (Å²) in [5.74, 6) is -0.979. The van der Waals surface area contributed by atoms with E-state index >= 15 is 0 Å². The molecule has 4 aromatic rings. The third-order valence-electron chi connectivity index (χ3n) is 7.30. The van der Waals surface area contributed by atoms with Crippen molar-refractivity contribution in [1.29, 1.82) is 0 Å². The molecule has 236 valence electrons. The van der Waals surface area contributed by atoms with Crippen LogP contribution in [0.4, 0.5) is 5.69 Å². The minimum atomic E-state index is -4.31. The number of hydrogen-bond acceptors (Lipinski definition) is 4. The summed E-state index contributed by atoms with van der Waals surface area (Å²) >= 11 is 19.1. The van der Waals surface area contributed by atoms with Crippen LogP contribution in [0.15, 0.2) is 108 Å². The number of sulfonamides is 1. The first-order chi connectivity index (χ1) is 21.5. The number of carbonyl (C=O) groups is 2. The number of amides is 2. The molecule has 0 fully saturated rings. The molecule has 0 aliphatic heterocycles. The van der Waals surface area contributed by atoms with E-state index in [0.29, 0.717) is 17.0 Å². The molecule has 45 heavy (non-hydrogen) atoms. The zero-order valence-electron chi connectivity index (χ0n) is 24.9. The average molecular weight is 687 g/mol. The van der Waals surface area contributed by atoms with Gasteiger partial charge in [0, 0.05) is 29.1 Å². The van der Waals surface area contributed by atoms with Crippen molar-refractivity contribution in [2.24, 2.45) is 0 Å². The van der Waals surface area contributed by atoms with Crippen molar-refractivity contribution in [2.75, 3.05) is 10.8 Å². The number of benzene rings is 4. The molecule has 0 aliphatic rings. The second-order valence-corrected chi connectivity index (χ2v) is 13.7. The first-order valence-corrected chi connectivity index (χ1v) is 17.0. The normalized spacial score (nSPS) is 12.6. The van der Waals surface area contributed by atoms with Crippen molar-refractivity contribution in [3.05, 3.63) is 129 Å². The topological polar surface area (TPSA) is 86.8 Å². The minimum Gasteiger partial charge on any atom is -0.352 e. The number of carbonyl (C=O) groups excluding carboxylic acids is 2. The highest BCUT2D eigenvalue weighted by molar-refractivity contribution is 7.92. The van der Waals surface area contributed by atoms with E-state index in [1.807, 2.05) is 44.2 Å². The van der Waals surface area contributed by atoms with Gasteiger partial charge in [-0.1, -0.05) is 102 Å². The molecule has 4 rings (SSSR count). The summed E-state index contributed by atoms with van der Waals surface area (Å²) in [6, 6.07) is 27.3. The predicted octanol–water partition coefficient (Wildman–Crippen LogP) is 7.40. The summed E-state index contributed by atoms with van der Waals surface area (Å²) < 4.78 is 29.1. The van der Waals surface area contributed by atoms with E-state index < -0.39 is 28.5 Å². The second kappa shape index (κ2) is 15.6. The maximum Gasteiger partial charge on any atom is 0.264 e. The highest BCUT2D eigenvalue weighted by atomic mass is 35.5. The van der Waals surface area contributed by atoms with Gasteiger partial charge in [0.15, 0.2) is 0 Å². The molecule has 0 saturated heterocycles. The molecular weight excluding hydrogens is 653 g/mol. The van der Waals surface area contributed by atoms with Gasteiger partial charge in [-0.15, -0.1) is 0 Å². The Morgan fingerprint density at radius 3 is 2.07 bits per heavy atom. The number of nitrogens with one attached hydrogen (secondary N) is 1. The van der Waals surface area contributed by atoms with Crippen molar-refractivity contribution in [3.63, 3.8) is 0 Å². The van der Waals surface area contributed by atoms with Gasteiger partial charge in [-0.3, -0.25) is 13.9 Å². The zero-order valence-corrected chi connectivity index (χ0v) is 28.0. The summed E-state index contributed by atoms with van der Waals surface area (Å²) in [6.45, 7) is 3.18. The summed E-state index contributed by atoms with van der Waals surface area (Å²) in [7, 11) is -4.31. The summed E-state index contributed by atoms with van der Waals surface area (Å²) in [6.07, 6.45) is 0.876. The third-order valence-corrected chi connectivity index (χ3v) is 9.86. The molecule has 7 nitrogen and oxygen atoms in total. The molecule has 0 aromatic heterocycles. The lowest BCUT2D eigenvalue weighted by Gasteiger charge is -2.34. The molecule has 0 bridgehead atoms. The fraction of sp³-hybridized carbons (Fsp3) is 0.235. The van der Waals surface area contributed by atoms with Gasteiger partial charge < -0.3 is 10.2 Å². The molecule has 2 amide bonds. The van der Waals surface area contributed by atoms with Crippen LogP contribution in [-0.4, -0.2) is 43.8 Å². The molecule has 2 atom stereocenters. The van der Waals surface area contributed by atoms with Gasteiger partial charge in [0.1, 0.15) is 12.6 Å². The van der Waals surface area contributed by atoms with Crippen LogP contribution in [0.5, 0.6) is 0 Å². The standard InChI is InChI=1S/C34H34Cl3N3O4S/c1-3-24(2)38-34(42)32(20-25-11-6-4-7-12-25)39(22-26-13-10-14-27(35)19-26)33(41)23-40(31-21-28(36)17-18-30(31)37)45(43,44)29-15-8-5-9-16-29/h4-19,21,24,32H,3,20,22-23H2,1-2H3,(H,38,42). The molecular formula is C34H34Cl3N3O4S. The number of hydrogen-bond donors (Lipinski definition) is 1. The van der Waals surface area contributed by atoms with Gasteiger partial charge in [-0.25, -0.2) is 8.42 Å². The van der Waals surface area contributed by atoms with E-state index in [1.165, 1.54) is 35.2 Å². The Morgan fingerprint density at radius 1 is 0.800 bits per heavy atom. The smallest absolute Gasteiger partial charge is 0.264 e. The molecule has 11 heteroatoms. The molecule has 0 spiro atoms. The highest BCUT2D eigenvalue weighted by Crippen LogP contribution is 2.33. The maximum absolute atomic E-state index is 14.5. The number of halogens is 3. The van der Waals surface area contributed by atoms with Gasteiger partial charge in [-0.05, 0) is 66.9 Å². The molecule has 0 heterocycles. The molecule has 0 saturated carbocycles. The SMILES string of the molecule is CCC(C)NC(=O)C(Cc1ccccc1)N(Cc1cccc(Cl)c1)C(=O)CN(c1cc(Cl)ccc1Cl)S(=O)(=O)c1ccccc1. The molecule has 0 radical (unpaired) electrons. The fourth-order valence-electron chi connectivity index (χ4n) is 4.74. The van der Waals surface area contributed by atoms with Crippen LogP contribution in [0.3, 0.4) is 0 Å². The quantitative estimate of drug-likeness (QED) is 0.159. The van der Waals surface area contributed by atoms with Crippen molar-refractivity contribution in [1.82, 2.24) is 10.2 Å². The van der Waals surface area contributed by atoms with Crippen molar-refractivity contribution in [3.8, 4) is 0 Å². The Morgan fingerprint density at radius 2 is 1.42 bits per heavy atom. The van der Waals surface area contributed by atoms with Crippen LogP contribution in [0.1, 0.15) is 31.4 Å². The molecule has 0 aliphatic carbocycles. The average Bonchev–Trinajstić information content (AvgIpc) is 3.03. The van der Waals surface area contributed by atoms with E-state index in [4.69, 9.17) is 34.8 Å². The first kappa shape index (κ1) is 34.3. The third kappa shape index (κ3) is 9.01. The van der Waals surface area contributed by atoms with Crippen LogP contribution in [0.25, 0.3) is 0 Å². The summed E-state index contributed by atoms with van der Waals surface area (Å²) in [4.78, 5) is 29.8. The Hall–Kier alpha value is -3.56. The second-order valence-electron chi connectivity index (χ2n) is 10.6. The van der Waals surface area contributed by atoms with Crippen molar-refractivity contribution < 1.29 is 18.0 Å². The molecule has 1 N–H and O–H groups in total. The van der Waals surface area contributed by atoms with Gasteiger partial charge in [0.05, 0.1) is 15.6 Å². The van der Waals surface area contributed by atoms with Gasteiger partial charge in [0.25, 0.3) is 10.0 Å². The summed E-state index contributed by atoms with van der Waals surface area (Å²) in [5, 5.41) is 3.79.